The van der Waals surface area contributed by atoms with Gasteiger partial charge in [-0.2, -0.15) is 0 Å². The Kier molecular flexibility index (Phi) is 7.50. The van der Waals surface area contributed by atoms with Crippen LogP contribution in [0.2, 0.25) is 0 Å². The summed E-state index contributed by atoms with van der Waals surface area (Å²) < 4.78 is 5.09. The van der Waals surface area contributed by atoms with Gasteiger partial charge in [-0.25, -0.2) is 9.78 Å². The van der Waals surface area contributed by atoms with Crippen LogP contribution in [0.4, 0.5) is 5.69 Å². The number of anilines is 1. The van der Waals surface area contributed by atoms with Gasteiger partial charge in [0.2, 0.25) is 5.91 Å². The van der Waals surface area contributed by atoms with Gasteiger partial charge < -0.3 is 15.0 Å². The van der Waals surface area contributed by atoms with E-state index in [9.17, 15) is 14.4 Å². The smallest absolute Gasteiger partial charge is 0.338 e. The van der Waals surface area contributed by atoms with Crippen molar-refractivity contribution in [3.05, 3.63) is 70.3 Å². The molecule has 0 aliphatic rings. The average Bonchev–Trinajstić information content (AvgIpc) is 2.77. The Morgan fingerprint density at radius 3 is 2.55 bits per heavy atom. The summed E-state index contributed by atoms with van der Waals surface area (Å²) in [7, 11) is 0. The number of aromatic amines is 1. The van der Waals surface area contributed by atoms with Gasteiger partial charge >= 0.3 is 5.97 Å². The van der Waals surface area contributed by atoms with Crippen LogP contribution in [0.5, 0.6) is 0 Å². The Balaban J connectivity index is 1.60. The summed E-state index contributed by atoms with van der Waals surface area (Å²) in [5.74, 6) is -0.0756. The normalized spacial score (nSPS) is 10.9. The number of rotatable bonds is 9. The van der Waals surface area contributed by atoms with Crippen molar-refractivity contribution in [2.45, 2.75) is 26.8 Å². The predicted octanol–water partition coefficient (Wildman–Crippen LogP) is 2.95. The number of hydrogen-bond donors (Lipinski definition) is 2. The fraction of sp³-hybridized carbons (Fsp3) is 0.304. The highest BCUT2D eigenvalue weighted by Crippen LogP contribution is 2.12. The molecule has 0 fully saturated rings. The van der Waals surface area contributed by atoms with Crippen LogP contribution in [0.3, 0.4) is 0 Å². The Bertz CT molecular complexity index is 1110. The van der Waals surface area contributed by atoms with Crippen LogP contribution in [0.15, 0.2) is 53.3 Å². The zero-order chi connectivity index (χ0) is 22.2. The summed E-state index contributed by atoms with van der Waals surface area (Å²) in [6, 6.07) is 13.7. The second kappa shape index (κ2) is 10.5. The summed E-state index contributed by atoms with van der Waals surface area (Å²) >= 11 is 0. The van der Waals surface area contributed by atoms with E-state index in [-0.39, 0.29) is 24.0 Å². The maximum absolute atomic E-state index is 12.5. The number of carbonyl (C=O) groups is 2. The number of nitrogens with one attached hydrogen (secondary N) is 2. The number of H-pyrrole nitrogens is 1. The van der Waals surface area contributed by atoms with Gasteiger partial charge in [-0.15, -0.1) is 0 Å². The van der Waals surface area contributed by atoms with Crippen LogP contribution in [0.25, 0.3) is 10.9 Å². The number of para-hydroxylation sites is 1. The third-order valence-corrected chi connectivity index (χ3v) is 4.69. The lowest BCUT2D eigenvalue weighted by atomic mass is 10.2. The van der Waals surface area contributed by atoms with E-state index in [1.165, 1.54) is 0 Å². The third kappa shape index (κ3) is 5.99. The van der Waals surface area contributed by atoms with Crippen molar-refractivity contribution in [2.75, 3.05) is 25.0 Å². The molecule has 31 heavy (non-hydrogen) atoms. The lowest BCUT2D eigenvalue weighted by molar-refractivity contribution is -0.117. The molecule has 3 aromatic rings. The van der Waals surface area contributed by atoms with Gasteiger partial charge in [0.1, 0.15) is 5.82 Å². The molecule has 0 aliphatic carbocycles. The molecule has 0 atom stereocenters. The third-order valence-electron chi connectivity index (χ3n) is 4.69. The van der Waals surface area contributed by atoms with Crippen LogP contribution in [0, 0.1) is 0 Å². The number of hydrogen-bond acceptors (Lipinski definition) is 6. The molecular weight excluding hydrogens is 396 g/mol. The SMILES string of the molecule is CCCOC(=O)c1ccc(NC(=O)CN(CC)Cc2nc3ccccc3c(=O)[nH]2)cc1. The molecule has 1 amide bonds. The van der Waals surface area contributed by atoms with Gasteiger partial charge in [0.25, 0.3) is 5.56 Å². The van der Waals surface area contributed by atoms with E-state index in [0.29, 0.717) is 47.7 Å². The quantitative estimate of drug-likeness (QED) is 0.514. The molecule has 162 valence electrons. The van der Waals surface area contributed by atoms with Crippen LogP contribution in [-0.2, 0) is 16.1 Å². The van der Waals surface area contributed by atoms with E-state index in [1.54, 1.807) is 42.5 Å². The van der Waals surface area contributed by atoms with Gasteiger partial charge in [0.15, 0.2) is 0 Å². The molecule has 0 bridgehead atoms. The van der Waals surface area contributed by atoms with Gasteiger partial charge in [-0.3, -0.25) is 14.5 Å². The first-order chi connectivity index (χ1) is 15.0. The molecule has 0 aliphatic heterocycles. The molecule has 2 N–H and O–H groups in total. The van der Waals surface area contributed by atoms with E-state index < -0.39 is 0 Å². The van der Waals surface area contributed by atoms with E-state index in [0.717, 1.165) is 6.42 Å². The van der Waals surface area contributed by atoms with Crippen molar-refractivity contribution in [3.63, 3.8) is 0 Å². The second-order valence-corrected chi connectivity index (χ2v) is 7.09. The first kappa shape index (κ1) is 22.2. The molecule has 0 radical (unpaired) electrons. The summed E-state index contributed by atoms with van der Waals surface area (Å²) in [4.78, 5) is 45.7. The summed E-state index contributed by atoms with van der Waals surface area (Å²) in [5.41, 5.74) is 1.45. The Hall–Kier alpha value is -3.52. The maximum atomic E-state index is 12.5. The van der Waals surface area contributed by atoms with Gasteiger partial charge in [-0.05, 0) is 49.4 Å². The zero-order valence-corrected chi connectivity index (χ0v) is 17.7. The van der Waals surface area contributed by atoms with Crippen LogP contribution < -0.4 is 10.9 Å². The number of aromatic nitrogens is 2. The fourth-order valence-electron chi connectivity index (χ4n) is 3.07. The molecular formula is C23H26N4O4. The van der Waals surface area contributed by atoms with E-state index in [4.69, 9.17) is 4.74 Å². The second-order valence-electron chi connectivity index (χ2n) is 7.09. The number of fused-ring (bicyclic) bond motifs is 1. The topological polar surface area (TPSA) is 104 Å². The Morgan fingerprint density at radius 2 is 1.84 bits per heavy atom. The van der Waals surface area contributed by atoms with Crippen LogP contribution >= 0.6 is 0 Å². The van der Waals surface area contributed by atoms with Crippen LogP contribution in [0.1, 0.15) is 36.5 Å². The molecule has 3 rings (SSSR count). The van der Waals surface area contributed by atoms with Gasteiger partial charge in [0.05, 0.1) is 36.2 Å². The standard InChI is InChI=1S/C23H26N4O4/c1-3-13-31-23(30)16-9-11-17(12-10-16)24-21(28)15-27(4-2)14-20-25-19-8-6-5-7-18(19)22(29)26-20/h5-12H,3-4,13-15H2,1-2H3,(H,24,28)(H,25,26,29). The van der Waals surface area contributed by atoms with E-state index in [1.807, 2.05) is 24.8 Å². The van der Waals surface area contributed by atoms with Crippen molar-refractivity contribution >= 4 is 28.5 Å². The lowest BCUT2D eigenvalue weighted by Crippen LogP contribution is -2.33. The predicted molar refractivity (Wildman–Crippen MR) is 119 cm³/mol. The molecule has 0 spiro atoms. The Labute approximate surface area is 180 Å². The minimum atomic E-state index is -0.381. The Morgan fingerprint density at radius 1 is 1.10 bits per heavy atom. The lowest BCUT2D eigenvalue weighted by Gasteiger charge is -2.19. The largest absolute Gasteiger partial charge is 0.462 e. The fourth-order valence-corrected chi connectivity index (χ4v) is 3.07. The summed E-state index contributed by atoms with van der Waals surface area (Å²) in [5, 5.41) is 3.35. The maximum Gasteiger partial charge on any atom is 0.338 e. The van der Waals surface area contributed by atoms with Crippen molar-refractivity contribution < 1.29 is 14.3 Å². The minimum Gasteiger partial charge on any atom is -0.462 e. The highest BCUT2D eigenvalue weighted by Gasteiger charge is 2.13. The monoisotopic (exact) mass is 422 g/mol. The molecule has 2 aromatic carbocycles. The van der Waals surface area contributed by atoms with Crippen molar-refractivity contribution in [1.29, 1.82) is 0 Å². The number of esters is 1. The molecule has 8 nitrogen and oxygen atoms in total. The van der Waals surface area contributed by atoms with Crippen LogP contribution in [-0.4, -0.2) is 46.4 Å². The molecule has 0 unspecified atom stereocenters. The number of benzene rings is 2. The number of carbonyl (C=O) groups excluding carboxylic acids is 2. The van der Waals surface area contributed by atoms with E-state index in [2.05, 4.69) is 15.3 Å². The molecule has 1 heterocycles. The highest BCUT2D eigenvalue weighted by molar-refractivity contribution is 5.94. The molecule has 1 aromatic heterocycles. The molecule has 0 saturated carbocycles. The van der Waals surface area contributed by atoms with Crippen molar-refractivity contribution in [3.8, 4) is 0 Å². The van der Waals surface area contributed by atoms with Gasteiger partial charge in [-0.1, -0.05) is 26.0 Å². The number of likely N-dealkylation sites (N-methyl/N-ethyl adjacent to an activating group) is 1. The average molecular weight is 422 g/mol. The number of ether oxygens (including phenoxy) is 1. The summed E-state index contributed by atoms with van der Waals surface area (Å²) in [6.07, 6.45) is 0.760. The van der Waals surface area contributed by atoms with Gasteiger partial charge in [0, 0.05) is 5.69 Å². The minimum absolute atomic E-state index is 0.132. The van der Waals surface area contributed by atoms with E-state index >= 15 is 0 Å². The molecule has 0 saturated heterocycles. The highest BCUT2D eigenvalue weighted by atomic mass is 16.5. The first-order valence-corrected chi connectivity index (χ1v) is 10.3. The van der Waals surface area contributed by atoms with Crippen molar-refractivity contribution in [1.82, 2.24) is 14.9 Å². The first-order valence-electron chi connectivity index (χ1n) is 10.3. The zero-order valence-electron chi connectivity index (χ0n) is 17.7. The van der Waals surface area contributed by atoms with Crippen molar-refractivity contribution in [2.24, 2.45) is 0 Å². The number of amides is 1. The summed E-state index contributed by atoms with van der Waals surface area (Å²) in [6.45, 7) is 5.32. The number of nitrogens with zero attached hydrogens (tertiary/aromatic N) is 2. The molecule has 8 heteroatoms.